The Balaban J connectivity index is 1.77. The highest BCUT2D eigenvalue weighted by Crippen LogP contribution is 2.49. The van der Waals surface area contributed by atoms with Crippen molar-refractivity contribution >= 4 is 5.91 Å². The zero-order valence-corrected chi connectivity index (χ0v) is 11.6. The molecule has 1 saturated heterocycles. The molecule has 1 amide bonds. The number of rotatable bonds is 3. The second-order valence-electron chi connectivity index (χ2n) is 5.83. The van der Waals surface area contributed by atoms with Crippen molar-refractivity contribution in [2.24, 2.45) is 0 Å². The topological polar surface area (TPSA) is 32.3 Å². The minimum Gasteiger partial charge on any atom is -0.340 e. The molecule has 1 atom stereocenters. The molecular weight excluding hydrogens is 236 g/mol. The van der Waals surface area contributed by atoms with Gasteiger partial charge in [-0.15, -0.1) is 0 Å². The fourth-order valence-electron chi connectivity index (χ4n) is 3.21. The minimum atomic E-state index is -0.198. The summed E-state index contributed by atoms with van der Waals surface area (Å²) in [5.41, 5.74) is 1.00. The average molecular weight is 258 g/mol. The van der Waals surface area contributed by atoms with E-state index >= 15 is 0 Å². The predicted octanol–water partition coefficient (Wildman–Crippen LogP) is 1.93. The Morgan fingerprint density at radius 1 is 1.32 bits per heavy atom. The summed E-state index contributed by atoms with van der Waals surface area (Å²) in [4.78, 5) is 14.9. The van der Waals surface area contributed by atoms with Crippen LogP contribution in [0.2, 0.25) is 0 Å². The van der Waals surface area contributed by atoms with E-state index in [1.807, 2.05) is 25.2 Å². The first-order valence-corrected chi connectivity index (χ1v) is 7.28. The van der Waals surface area contributed by atoms with Crippen LogP contribution in [0, 0.1) is 0 Å². The molecule has 3 nitrogen and oxygen atoms in total. The normalized spacial score (nSPS) is 25.1. The summed E-state index contributed by atoms with van der Waals surface area (Å²) in [6.45, 7) is 1.79. The number of piperidine rings is 1. The summed E-state index contributed by atoms with van der Waals surface area (Å²) in [5, 5.41) is 3.31. The Labute approximate surface area is 115 Å². The van der Waals surface area contributed by atoms with Gasteiger partial charge in [-0.05, 0) is 38.3 Å². The lowest BCUT2D eigenvalue weighted by Gasteiger charge is -2.35. The maximum Gasteiger partial charge on any atom is 0.233 e. The number of nitrogens with one attached hydrogen (secondary N) is 1. The molecule has 1 heterocycles. The summed E-state index contributed by atoms with van der Waals surface area (Å²) >= 11 is 0. The van der Waals surface area contributed by atoms with Crippen molar-refractivity contribution in [3.05, 3.63) is 35.9 Å². The van der Waals surface area contributed by atoms with E-state index in [0.717, 1.165) is 32.4 Å². The Kier molecular flexibility index (Phi) is 3.31. The summed E-state index contributed by atoms with van der Waals surface area (Å²) in [6, 6.07) is 10.8. The fraction of sp³-hybridized carbons (Fsp3) is 0.562. The summed E-state index contributed by atoms with van der Waals surface area (Å²) in [6.07, 6.45) is 4.31. The number of hydrogen-bond donors (Lipinski definition) is 1. The van der Waals surface area contributed by atoms with Crippen molar-refractivity contribution in [2.45, 2.75) is 37.1 Å². The number of amides is 1. The van der Waals surface area contributed by atoms with Gasteiger partial charge in [-0.3, -0.25) is 4.79 Å². The monoisotopic (exact) mass is 258 g/mol. The van der Waals surface area contributed by atoms with Crippen LogP contribution in [0.3, 0.4) is 0 Å². The molecule has 0 radical (unpaired) electrons. The van der Waals surface area contributed by atoms with Crippen LogP contribution in [0.15, 0.2) is 30.3 Å². The van der Waals surface area contributed by atoms with Crippen LogP contribution in [-0.4, -0.2) is 37.0 Å². The first-order chi connectivity index (χ1) is 9.26. The predicted molar refractivity (Wildman–Crippen MR) is 76.0 cm³/mol. The van der Waals surface area contributed by atoms with E-state index < -0.39 is 0 Å². The molecule has 0 aromatic heterocycles. The molecule has 19 heavy (non-hydrogen) atoms. The molecule has 1 aromatic rings. The van der Waals surface area contributed by atoms with Gasteiger partial charge in [0, 0.05) is 19.1 Å². The maximum atomic E-state index is 12.8. The summed E-state index contributed by atoms with van der Waals surface area (Å²) in [5.74, 6) is 0.346. The Hall–Kier alpha value is -1.35. The van der Waals surface area contributed by atoms with Gasteiger partial charge in [0.25, 0.3) is 0 Å². The standard InChI is InChI=1S/C16H22N2O/c1-17-14-8-5-11-18(12-14)15(19)16(9-10-16)13-6-3-2-4-7-13/h2-4,6-7,14,17H,5,8-12H2,1H3. The van der Waals surface area contributed by atoms with Crippen molar-refractivity contribution in [3.63, 3.8) is 0 Å². The number of benzene rings is 1. The van der Waals surface area contributed by atoms with E-state index in [1.165, 1.54) is 12.0 Å². The van der Waals surface area contributed by atoms with Crippen molar-refractivity contribution in [1.82, 2.24) is 10.2 Å². The third kappa shape index (κ3) is 2.27. The van der Waals surface area contributed by atoms with Gasteiger partial charge in [0.15, 0.2) is 0 Å². The van der Waals surface area contributed by atoms with Gasteiger partial charge in [-0.25, -0.2) is 0 Å². The molecule has 1 aliphatic heterocycles. The second-order valence-corrected chi connectivity index (χ2v) is 5.83. The number of nitrogens with zero attached hydrogens (tertiary/aromatic N) is 1. The van der Waals surface area contributed by atoms with Crippen LogP contribution in [0.5, 0.6) is 0 Å². The Morgan fingerprint density at radius 2 is 2.05 bits per heavy atom. The molecule has 0 bridgehead atoms. The zero-order chi connectivity index (χ0) is 13.3. The number of carbonyl (C=O) groups is 1. The molecule has 1 aliphatic carbocycles. The molecule has 0 spiro atoms. The van der Waals surface area contributed by atoms with Crippen LogP contribution in [0.4, 0.5) is 0 Å². The number of hydrogen-bond acceptors (Lipinski definition) is 2. The van der Waals surface area contributed by atoms with E-state index in [2.05, 4.69) is 22.3 Å². The van der Waals surface area contributed by atoms with Gasteiger partial charge in [0.2, 0.25) is 5.91 Å². The highest BCUT2D eigenvalue weighted by molar-refractivity contribution is 5.91. The van der Waals surface area contributed by atoms with Crippen LogP contribution >= 0.6 is 0 Å². The molecule has 1 unspecified atom stereocenters. The summed E-state index contributed by atoms with van der Waals surface area (Å²) < 4.78 is 0. The molecule has 1 N–H and O–H groups in total. The molecule has 3 heteroatoms. The smallest absolute Gasteiger partial charge is 0.233 e. The number of likely N-dealkylation sites (N-methyl/N-ethyl adjacent to an activating group) is 1. The highest BCUT2D eigenvalue weighted by Gasteiger charge is 2.53. The lowest BCUT2D eigenvalue weighted by atomic mass is 9.93. The van der Waals surface area contributed by atoms with E-state index in [9.17, 15) is 4.79 Å². The quantitative estimate of drug-likeness (QED) is 0.898. The van der Waals surface area contributed by atoms with Crippen LogP contribution in [0.25, 0.3) is 0 Å². The zero-order valence-electron chi connectivity index (χ0n) is 11.6. The average Bonchev–Trinajstić information content (AvgIpc) is 3.29. The maximum absolute atomic E-state index is 12.8. The second kappa shape index (κ2) is 4.97. The van der Waals surface area contributed by atoms with Gasteiger partial charge in [0.1, 0.15) is 0 Å². The number of carbonyl (C=O) groups excluding carboxylic acids is 1. The van der Waals surface area contributed by atoms with E-state index in [0.29, 0.717) is 11.9 Å². The molecular formula is C16H22N2O. The lowest BCUT2D eigenvalue weighted by molar-refractivity contribution is -0.135. The van der Waals surface area contributed by atoms with Gasteiger partial charge in [-0.2, -0.15) is 0 Å². The van der Waals surface area contributed by atoms with Crippen LogP contribution in [-0.2, 0) is 10.2 Å². The first kappa shape index (κ1) is 12.7. The molecule has 3 rings (SSSR count). The van der Waals surface area contributed by atoms with Crippen molar-refractivity contribution in [1.29, 1.82) is 0 Å². The summed E-state index contributed by atoms with van der Waals surface area (Å²) in [7, 11) is 1.99. The molecule has 102 valence electrons. The van der Waals surface area contributed by atoms with Crippen LogP contribution in [0.1, 0.15) is 31.2 Å². The third-order valence-electron chi connectivity index (χ3n) is 4.60. The van der Waals surface area contributed by atoms with Crippen molar-refractivity contribution in [3.8, 4) is 0 Å². The first-order valence-electron chi connectivity index (χ1n) is 7.28. The molecule has 2 fully saturated rings. The Morgan fingerprint density at radius 3 is 2.68 bits per heavy atom. The third-order valence-corrected chi connectivity index (χ3v) is 4.60. The van der Waals surface area contributed by atoms with Gasteiger partial charge in [-0.1, -0.05) is 30.3 Å². The van der Waals surface area contributed by atoms with E-state index in [1.54, 1.807) is 0 Å². The highest BCUT2D eigenvalue weighted by atomic mass is 16.2. The Bertz CT molecular complexity index is 453. The van der Waals surface area contributed by atoms with Crippen molar-refractivity contribution in [2.75, 3.05) is 20.1 Å². The number of likely N-dealkylation sites (tertiary alicyclic amines) is 1. The SMILES string of the molecule is CNC1CCCN(C(=O)C2(c3ccccc3)CC2)C1. The van der Waals surface area contributed by atoms with Gasteiger partial charge >= 0.3 is 0 Å². The van der Waals surface area contributed by atoms with Gasteiger partial charge in [0.05, 0.1) is 5.41 Å². The van der Waals surface area contributed by atoms with Gasteiger partial charge < -0.3 is 10.2 Å². The van der Waals surface area contributed by atoms with E-state index in [-0.39, 0.29) is 5.41 Å². The molecule has 1 aromatic carbocycles. The fourth-order valence-corrected chi connectivity index (χ4v) is 3.21. The minimum absolute atomic E-state index is 0.198. The van der Waals surface area contributed by atoms with E-state index in [4.69, 9.17) is 0 Å². The molecule has 1 saturated carbocycles. The van der Waals surface area contributed by atoms with Crippen molar-refractivity contribution < 1.29 is 4.79 Å². The molecule has 2 aliphatic rings. The van der Waals surface area contributed by atoms with Crippen LogP contribution < -0.4 is 5.32 Å². The largest absolute Gasteiger partial charge is 0.340 e. The lowest BCUT2D eigenvalue weighted by Crippen LogP contribution is -2.50.